The highest BCUT2D eigenvalue weighted by atomic mass is 32.2. The molecule has 0 aliphatic carbocycles. The third-order valence-electron chi connectivity index (χ3n) is 2.06. The van der Waals surface area contributed by atoms with Crippen LogP contribution in [0.4, 0.5) is 0 Å². The Hall–Kier alpha value is -1.62. The predicted octanol–water partition coefficient (Wildman–Crippen LogP) is 2.11. The summed E-state index contributed by atoms with van der Waals surface area (Å²) in [7, 11) is 0. The van der Waals surface area contributed by atoms with E-state index in [1.807, 2.05) is 30.3 Å². The maximum Gasteiger partial charge on any atom is 0.419 e. The fourth-order valence-corrected chi connectivity index (χ4v) is 2.22. The number of thioether (sulfide) groups is 1. The predicted molar refractivity (Wildman–Crippen MR) is 62.4 cm³/mol. The van der Waals surface area contributed by atoms with Gasteiger partial charge < -0.3 is 9.52 Å². The molecule has 0 unspecified atom stereocenters. The second-order valence-electron chi connectivity index (χ2n) is 3.28. The van der Waals surface area contributed by atoms with Crippen molar-refractivity contribution in [3.8, 4) is 5.95 Å². The Morgan fingerprint density at radius 2 is 2.00 bits per heavy atom. The minimum atomic E-state index is -0.618. The number of rotatable bonds is 4. The largest absolute Gasteiger partial charge is 0.479 e. The van der Waals surface area contributed by atoms with Gasteiger partial charge in [-0.3, -0.25) is 4.98 Å². The number of aromatic amines is 1. The molecule has 1 aromatic carbocycles. The van der Waals surface area contributed by atoms with Crippen LogP contribution in [-0.2, 0) is 11.5 Å². The zero-order valence-corrected chi connectivity index (χ0v) is 9.29. The van der Waals surface area contributed by atoms with E-state index in [9.17, 15) is 9.90 Å². The lowest BCUT2D eigenvalue weighted by Crippen LogP contribution is -1.96. The molecule has 0 radical (unpaired) electrons. The highest BCUT2D eigenvalue weighted by molar-refractivity contribution is 7.97. The van der Waals surface area contributed by atoms with E-state index >= 15 is 0 Å². The molecule has 2 aromatic rings. The summed E-state index contributed by atoms with van der Waals surface area (Å²) in [5, 5.41) is 9.22. The van der Waals surface area contributed by atoms with Gasteiger partial charge in [0.2, 0.25) is 0 Å². The summed E-state index contributed by atoms with van der Waals surface area (Å²) in [6, 6.07) is 9.99. The molecule has 4 nitrogen and oxygen atoms in total. The van der Waals surface area contributed by atoms with Gasteiger partial charge in [0, 0.05) is 11.5 Å². The Labute approximate surface area is 96.3 Å². The Morgan fingerprint density at radius 1 is 1.25 bits per heavy atom. The third-order valence-corrected chi connectivity index (χ3v) is 3.09. The van der Waals surface area contributed by atoms with Crippen molar-refractivity contribution < 1.29 is 9.52 Å². The smallest absolute Gasteiger partial charge is 0.419 e. The van der Waals surface area contributed by atoms with E-state index < -0.39 is 5.76 Å². The van der Waals surface area contributed by atoms with Crippen molar-refractivity contribution in [2.45, 2.75) is 11.5 Å². The molecule has 0 amide bonds. The zero-order valence-electron chi connectivity index (χ0n) is 8.47. The maximum atomic E-state index is 10.8. The number of aromatic hydroxyl groups is 1. The summed E-state index contributed by atoms with van der Waals surface area (Å²) in [4.78, 5) is 13.2. The van der Waals surface area contributed by atoms with Crippen LogP contribution in [-0.4, -0.2) is 10.1 Å². The molecule has 0 fully saturated rings. The molecule has 16 heavy (non-hydrogen) atoms. The lowest BCUT2D eigenvalue weighted by Gasteiger charge is -1.99. The lowest BCUT2D eigenvalue weighted by atomic mass is 10.2. The quantitative estimate of drug-likeness (QED) is 0.854. The topological polar surface area (TPSA) is 66.2 Å². The van der Waals surface area contributed by atoms with Crippen molar-refractivity contribution in [2.24, 2.45) is 0 Å². The number of aromatic nitrogens is 1. The molecule has 2 N–H and O–H groups in total. The molecular weight excluding hydrogens is 226 g/mol. The third kappa shape index (κ3) is 2.70. The summed E-state index contributed by atoms with van der Waals surface area (Å²) < 4.78 is 4.45. The van der Waals surface area contributed by atoms with Gasteiger partial charge >= 0.3 is 11.7 Å². The van der Waals surface area contributed by atoms with Crippen LogP contribution in [0.5, 0.6) is 5.95 Å². The summed E-state index contributed by atoms with van der Waals surface area (Å²) >= 11 is 1.60. The van der Waals surface area contributed by atoms with Crippen molar-refractivity contribution in [3.05, 3.63) is 52.1 Å². The van der Waals surface area contributed by atoms with Crippen LogP contribution in [0.3, 0.4) is 0 Å². The molecule has 0 saturated heterocycles. The average Bonchev–Trinajstić information content (AvgIpc) is 2.59. The summed E-state index contributed by atoms with van der Waals surface area (Å²) in [6.07, 6.45) is 0. The number of oxazole rings is 1. The molecule has 2 rings (SSSR count). The Kier molecular flexibility index (Phi) is 3.36. The molecule has 5 heteroatoms. The standard InChI is InChI=1S/C11H11NO3S/c13-10-9(12-11(14)15-10)7-16-6-8-4-2-1-3-5-8/h1-5,13H,6-7H2,(H,12,14). The monoisotopic (exact) mass is 237 g/mol. The molecule has 0 atom stereocenters. The molecule has 1 heterocycles. The van der Waals surface area contributed by atoms with E-state index in [2.05, 4.69) is 9.40 Å². The second-order valence-corrected chi connectivity index (χ2v) is 4.26. The highest BCUT2D eigenvalue weighted by Crippen LogP contribution is 2.21. The summed E-state index contributed by atoms with van der Waals surface area (Å²) in [6.45, 7) is 0. The number of hydrogen-bond acceptors (Lipinski definition) is 4. The van der Waals surface area contributed by atoms with Gasteiger partial charge in [-0.05, 0) is 5.56 Å². The molecule has 0 spiro atoms. The van der Waals surface area contributed by atoms with Crippen molar-refractivity contribution >= 4 is 11.8 Å². The van der Waals surface area contributed by atoms with Crippen LogP contribution in [0, 0.1) is 0 Å². The molecule has 0 bridgehead atoms. The van der Waals surface area contributed by atoms with E-state index in [0.29, 0.717) is 11.4 Å². The first-order chi connectivity index (χ1) is 7.75. The maximum absolute atomic E-state index is 10.8. The molecular formula is C11H11NO3S. The van der Waals surface area contributed by atoms with E-state index in [0.717, 1.165) is 5.75 Å². The Bertz CT molecular complexity index is 503. The first-order valence-electron chi connectivity index (χ1n) is 4.78. The minimum absolute atomic E-state index is 0.314. The minimum Gasteiger partial charge on any atom is -0.479 e. The summed E-state index contributed by atoms with van der Waals surface area (Å²) in [5.74, 6) is 0.415. The number of H-pyrrole nitrogens is 1. The van der Waals surface area contributed by atoms with Gasteiger partial charge in [-0.25, -0.2) is 4.79 Å². The molecule has 0 saturated carbocycles. The molecule has 84 valence electrons. The van der Waals surface area contributed by atoms with E-state index in [1.54, 1.807) is 11.8 Å². The second kappa shape index (κ2) is 4.94. The van der Waals surface area contributed by atoms with E-state index in [4.69, 9.17) is 0 Å². The first-order valence-corrected chi connectivity index (χ1v) is 5.94. The van der Waals surface area contributed by atoms with Gasteiger partial charge in [0.15, 0.2) is 0 Å². The van der Waals surface area contributed by atoms with Crippen molar-refractivity contribution in [2.75, 3.05) is 0 Å². The number of hydrogen-bond donors (Lipinski definition) is 2. The molecule has 0 aliphatic heterocycles. The van der Waals surface area contributed by atoms with Crippen molar-refractivity contribution in [3.63, 3.8) is 0 Å². The fourth-order valence-electron chi connectivity index (χ4n) is 1.29. The SMILES string of the molecule is O=c1[nH]c(CSCc2ccccc2)c(O)o1. The highest BCUT2D eigenvalue weighted by Gasteiger charge is 2.07. The van der Waals surface area contributed by atoms with Gasteiger partial charge in [-0.1, -0.05) is 30.3 Å². The molecule has 0 aliphatic rings. The zero-order chi connectivity index (χ0) is 11.4. The van der Waals surface area contributed by atoms with Crippen LogP contribution in [0.15, 0.2) is 39.5 Å². The van der Waals surface area contributed by atoms with Crippen LogP contribution >= 0.6 is 11.8 Å². The average molecular weight is 237 g/mol. The van der Waals surface area contributed by atoms with Crippen molar-refractivity contribution in [1.82, 2.24) is 4.98 Å². The number of benzene rings is 1. The van der Waals surface area contributed by atoms with Gasteiger partial charge in [0.1, 0.15) is 5.69 Å². The number of nitrogens with one attached hydrogen (secondary N) is 1. The van der Waals surface area contributed by atoms with Gasteiger partial charge in [-0.2, -0.15) is 11.8 Å². The fraction of sp³-hybridized carbons (Fsp3) is 0.182. The van der Waals surface area contributed by atoms with Crippen LogP contribution in [0.1, 0.15) is 11.3 Å². The van der Waals surface area contributed by atoms with Gasteiger partial charge in [-0.15, -0.1) is 0 Å². The van der Waals surface area contributed by atoms with Crippen LogP contribution < -0.4 is 5.76 Å². The molecule has 1 aromatic heterocycles. The van der Waals surface area contributed by atoms with Crippen LogP contribution in [0.2, 0.25) is 0 Å². The van der Waals surface area contributed by atoms with E-state index in [-0.39, 0.29) is 5.95 Å². The summed E-state index contributed by atoms with van der Waals surface area (Å²) in [5.41, 5.74) is 1.64. The van der Waals surface area contributed by atoms with Crippen molar-refractivity contribution in [1.29, 1.82) is 0 Å². The van der Waals surface area contributed by atoms with Gasteiger partial charge in [0.25, 0.3) is 0 Å². The van der Waals surface area contributed by atoms with E-state index in [1.165, 1.54) is 5.56 Å². The Balaban J connectivity index is 1.89. The van der Waals surface area contributed by atoms with Gasteiger partial charge in [0.05, 0.1) is 0 Å². The first kappa shape index (κ1) is 10.9. The normalized spacial score (nSPS) is 10.5. The van der Waals surface area contributed by atoms with Crippen LogP contribution in [0.25, 0.3) is 0 Å². The lowest BCUT2D eigenvalue weighted by molar-refractivity contribution is 0.317. The Morgan fingerprint density at radius 3 is 2.62 bits per heavy atom.